The van der Waals surface area contributed by atoms with Crippen LogP contribution in [0.3, 0.4) is 0 Å². The number of halogens is 2. The van der Waals surface area contributed by atoms with E-state index in [-0.39, 0.29) is 35.7 Å². The van der Waals surface area contributed by atoms with Crippen LogP contribution in [0.25, 0.3) is 11.0 Å². The first kappa shape index (κ1) is 20.6. The molecule has 2 aromatic heterocycles. The molecule has 4 aromatic rings. The molecule has 2 aromatic carbocycles. The zero-order valence-electron chi connectivity index (χ0n) is 16.5. The molecule has 1 atom stereocenters. The van der Waals surface area contributed by atoms with Crippen LogP contribution in [0.4, 0.5) is 14.5 Å². The largest absolute Gasteiger partial charge is 0.450 e. The summed E-state index contributed by atoms with van der Waals surface area (Å²) in [6, 6.07) is 12.0. The number of aromatic nitrogens is 2. The molecule has 3 N–H and O–H groups in total. The van der Waals surface area contributed by atoms with Crippen molar-refractivity contribution in [3.63, 3.8) is 0 Å². The van der Waals surface area contributed by atoms with Crippen LogP contribution in [0.2, 0.25) is 0 Å². The second-order valence-electron chi connectivity index (χ2n) is 7.38. The number of aliphatic hydroxyl groups is 1. The first-order chi connectivity index (χ1) is 15.4. The fourth-order valence-electron chi connectivity index (χ4n) is 3.55. The lowest BCUT2D eigenvalue weighted by Crippen LogP contribution is -2.46. The van der Waals surface area contributed by atoms with Crippen LogP contribution < -0.4 is 10.5 Å². The van der Waals surface area contributed by atoms with E-state index in [4.69, 9.17) is 15.2 Å². The number of hydrogen-bond acceptors (Lipinski definition) is 6. The minimum absolute atomic E-state index is 0.00299. The predicted octanol–water partition coefficient (Wildman–Crippen LogP) is 3.48. The van der Waals surface area contributed by atoms with Gasteiger partial charge in [-0.05, 0) is 18.2 Å². The number of ether oxygens (including phenoxy) is 2. The molecule has 0 aliphatic carbocycles. The Bertz CT molecular complexity index is 1330. The highest BCUT2D eigenvalue weighted by molar-refractivity contribution is 7.83. The Morgan fingerprint density at radius 1 is 1.16 bits per heavy atom. The summed E-state index contributed by atoms with van der Waals surface area (Å²) in [6.45, 7) is 0.00598. The van der Waals surface area contributed by atoms with Gasteiger partial charge in [0, 0.05) is 35.8 Å². The maximum Gasteiger partial charge on any atom is 0.198 e. The van der Waals surface area contributed by atoms with Gasteiger partial charge in [0.2, 0.25) is 0 Å². The van der Waals surface area contributed by atoms with Gasteiger partial charge >= 0.3 is 0 Å². The molecular formula is C22H17F2N3O4S. The highest BCUT2D eigenvalue weighted by atomic mass is 32.2. The quantitative estimate of drug-likeness (QED) is 0.445. The second kappa shape index (κ2) is 7.66. The third-order valence-corrected chi connectivity index (χ3v) is 6.47. The summed E-state index contributed by atoms with van der Waals surface area (Å²) in [7, 11) is -1.70. The van der Waals surface area contributed by atoms with E-state index in [1.807, 2.05) is 0 Å². The maximum absolute atomic E-state index is 14.4. The lowest BCUT2D eigenvalue weighted by molar-refractivity contribution is -0.183. The summed E-state index contributed by atoms with van der Waals surface area (Å²) in [5.41, 5.74) is 4.57. The molecular weight excluding hydrogens is 440 g/mol. The van der Waals surface area contributed by atoms with Gasteiger partial charge in [0.05, 0.1) is 23.5 Å². The van der Waals surface area contributed by atoms with E-state index in [0.717, 1.165) is 12.1 Å². The van der Waals surface area contributed by atoms with Gasteiger partial charge in [0.25, 0.3) is 0 Å². The van der Waals surface area contributed by atoms with Gasteiger partial charge in [-0.25, -0.2) is 21.9 Å². The van der Waals surface area contributed by atoms with Crippen LogP contribution in [-0.4, -0.2) is 31.5 Å². The minimum Gasteiger partial charge on any atom is -0.450 e. The minimum atomic E-state index is -1.70. The molecule has 0 saturated carbocycles. The van der Waals surface area contributed by atoms with E-state index >= 15 is 0 Å². The summed E-state index contributed by atoms with van der Waals surface area (Å²) >= 11 is 0. The third kappa shape index (κ3) is 3.32. The summed E-state index contributed by atoms with van der Waals surface area (Å²) in [5, 5.41) is 11.3. The van der Waals surface area contributed by atoms with E-state index in [1.165, 1.54) is 22.4 Å². The molecule has 10 heteroatoms. The number of hydrogen-bond donors (Lipinski definition) is 2. The highest BCUT2D eigenvalue weighted by Gasteiger charge is 2.42. The fourth-order valence-corrected chi connectivity index (χ4v) is 4.66. The summed E-state index contributed by atoms with van der Waals surface area (Å²) in [4.78, 5) is 4.82. The van der Waals surface area contributed by atoms with Crippen molar-refractivity contribution >= 4 is 27.7 Å². The molecule has 3 heterocycles. The zero-order chi connectivity index (χ0) is 22.5. The Kier molecular flexibility index (Phi) is 4.92. The standard InChI is InChI=1S/C22H17F2N3O4S/c23-16-8-13(25)9-17(24)20(16)31-18-6-7-26-21-19(18)15(22(28)11-30-12-22)10-27(21)32(29)14-4-2-1-3-5-14/h1-10,28H,11-12,25H2. The summed E-state index contributed by atoms with van der Waals surface area (Å²) in [6.07, 6.45) is 2.88. The molecule has 1 unspecified atom stereocenters. The Hall–Kier alpha value is -3.34. The highest BCUT2D eigenvalue weighted by Crippen LogP contribution is 2.42. The maximum atomic E-state index is 14.4. The van der Waals surface area contributed by atoms with Gasteiger partial charge in [-0.3, -0.25) is 0 Å². The van der Waals surface area contributed by atoms with E-state index in [0.29, 0.717) is 10.5 Å². The molecule has 1 saturated heterocycles. The number of nitrogens with two attached hydrogens (primary N) is 1. The van der Waals surface area contributed by atoms with Gasteiger partial charge in [-0.2, -0.15) is 0 Å². The smallest absolute Gasteiger partial charge is 0.198 e. The molecule has 5 rings (SSSR count). The van der Waals surface area contributed by atoms with Gasteiger partial charge in [-0.1, -0.05) is 18.2 Å². The monoisotopic (exact) mass is 457 g/mol. The average Bonchev–Trinajstić information content (AvgIpc) is 3.15. The number of nitrogens with zero attached hydrogens (tertiary/aromatic N) is 2. The molecule has 7 nitrogen and oxygen atoms in total. The Labute approximate surface area is 183 Å². The second-order valence-corrected chi connectivity index (χ2v) is 8.74. The fraction of sp³-hybridized carbons (Fsp3) is 0.136. The number of pyridine rings is 1. The first-order valence-electron chi connectivity index (χ1n) is 9.58. The van der Waals surface area contributed by atoms with E-state index in [2.05, 4.69) is 4.98 Å². The molecule has 0 radical (unpaired) electrons. The van der Waals surface area contributed by atoms with Crippen molar-refractivity contribution in [2.45, 2.75) is 10.5 Å². The van der Waals surface area contributed by atoms with Crippen molar-refractivity contribution in [1.82, 2.24) is 8.96 Å². The van der Waals surface area contributed by atoms with Crippen LogP contribution in [0.5, 0.6) is 11.5 Å². The van der Waals surface area contributed by atoms with E-state index < -0.39 is 34.0 Å². The van der Waals surface area contributed by atoms with Gasteiger partial charge in [0.15, 0.2) is 34.0 Å². The van der Waals surface area contributed by atoms with Crippen LogP contribution >= 0.6 is 0 Å². The van der Waals surface area contributed by atoms with Crippen molar-refractivity contribution in [2.24, 2.45) is 0 Å². The Morgan fingerprint density at radius 2 is 1.84 bits per heavy atom. The Morgan fingerprint density at radius 3 is 2.47 bits per heavy atom. The van der Waals surface area contributed by atoms with Crippen LogP contribution in [0.15, 0.2) is 65.8 Å². The predicted molar refractivity (Wildman–Crippen MR) is 114 cm³/mol. The van der Waals surface area contributed by atoms with E-state index in [1.54, 1.807) is 30.3 Å². The summed E-state index contributed by atoms with van der Waals surface area (Å²) in [5.74, 6) is -2.57. The van der Waals surface area contributed by atoms with Crippen molar-refractivity contribution in [1.29, 1.82) is 0 Å². The number of nitrogen functional groups attached to an aromatic ring is 1. The molecule has 1 fully saturated rings. The average molecular weight is 457 g/mol. The van der Waals surface area contributed by atoms with Crippen molar-refractivity contribution in [2.75, 3.05) is 18.9 Å². The number of fused-ring (bicyclic) bond motifs is 1. The normalized spacial score (nSPS) is 16.0. The molecule has 0 amide bonds. The third-order valence-electron chi connectivity index (χ3n) is 5.16. The molecule has 0 spiro atoms. The van der Waals surface area contributed by atoms with Crippen LogP contribution in [0.1, 0.15) is 5.56 Å². The van der Waals surface area contributed by atoms with Crippen molar-refractivity contribution in [3.8, 4) is 11.5 Å². The van der Waals surface area contributed by atoms with Gasteiger partial charge in [0.1, 0.15) is 11.4 Å². The lowest BCUT2D eigenvalue weighted by Gasteiger charge is -2.36. The molecule has 1 aliphatic rings. The number of benzene rings is 2. The van der Waals surface area contributed by atoms with Crippen molar-refractivity contribution in [3.05, 3.63) is 78.1 Å². The SMILES string of the molecule is Nc1cc(F)c(Oc2ccnc3c2c(C2(O)COC2)cn3S(=O)c2ccccc2)c(F)c1. The van der Waals surface area contributed by atoms with Crippen molar-refractivity contribution < 1.29 is 27.6 Å². The van der Waals surface area contributed by atoms with Gasteiger partial charge in [-0.15, -0.1) is 0 Å². The number of anilines is 1. The molecule has 32 heavy (non-hydrogen) atoms. The molecule has 1 aliphatic heterocycles. The molecule has 0 bridgehead atoms. The Balaban J connectivity index is 1.70. The topological polar surface area (TPSA) is 99.6 Å². The lowest BCUT2D eigenvalue weighted by atomic mass is 9.92. The van der Waals surface area contributed by atoms with E-state index in [9.17, 15) is 18.1 Å². The van der Waals surface area contributed by atoms with Crippen LogP contribution in [-0.2, 0) is 21.3 Å². The number of rotatable bonds is 5. The first-order valence-corrected chi connectivity index (χ1v) is 10.7. The van der Waals surface area contributed by atoms with Gasteiger partial charge < -0.3 is 20.3 Å². The van der Waals surface area contributed by atoms with Crippen LogP contribution in [0, 0.1) is 11.6 Å². The molecule has 164 valence electrons. The summed E-state index contributed by atoms with van der Waals surface area (Å²) < 4.78 is 54.2. The zero-order valence-corrected chi connectivity index (χ0v) is 17.3.